The molecule has 1 saturated carbocycles. The molecule has 3 aromatic heterocycles. The Labute approximate surface area is 173 Å². The third-order valence-corrected chi connectivity index (χ3v) is 5.40. The van der Waals surface area contributed by atoms with Crippen LogP contribution in [0, 0.1) is 5.92 Å². The first kappa shape index (κ1) is 19.6. The summed E-state index contributed by atoms with van der Waals surface area (Å²) in [6.07, 6.45) is 9.08. The van der Waals surface area contributed by atoms with Gasteiger partial charge >= 0.3 is 5.97 Å². The Balaban J connectivity index is 1.71. The van der Waals surface area contributed by atoms with Crippen LogP contribution in [0.4, 0.5) is 0 Å². The molecule has 0 atom stereocenters. The average Bonchev–Trinajstić information content (AvgIpc) is 3.34. The molecular weight excluding hydrogens is 396 g/mol. The number of ether oxygens (including phenoxy) is 2. The lowest BCUT2D eigenvalue weighted by atomic mass is 9.89. The van der Waals surface area contributed by atoms with Crippen molar-refractivity contribution >= 4 is 28.6 Å². The predicted molar refractivity (Wildman–Crippen MR) is 107 cm³/mol. The molecule has 0 N–H and O–H groups in total. The summed E-state index contributed by atoms with van der Waals surface area (Å²) in [4.78, 5) is 20.9. The van der Waals surface area contributed by atoms with Gasteiger partial charge in [0.15, 0.2) is 10.7 Å². The predicted octanol–water partition coefficient (Wildman–Crippen LogP) is 3.43. The van der Waals surface area contributed by atoms with Crippen LogP contribution in [0.5, 0.6) is 5.88 Å². The fourth-order valence-corrected chi connectivity index (χ4v) is 3.97. The number of aromatic nitrogens is 6. The molecule has 1 aliphatic carbocycles. The van der Waals surface area contributed by atoms with Crippen LogP contribution in [0.15, 0.2) is 12.4 Å². The largest absolute Gasteiger partial charge is 0.479 e. The molecule has 29 heavy (non-hydrogen) atoms. The van der Waals surface area contributed by atoms with Gasteiger partial charge in [-0.05, 0) is 25.7 Å². The first-order valence-corrected chi connectivity index (χ1v) is 10.2. The number of nitrogens with zero attached hydrogens (tertiary/aromatic N) is 6. The molecule has 0 aliphatic heterocycles. The standard InChI is InChI=1S/C19H23ClN6O3/c1-3-29-18(27)13-9-21-26(11-13)19-22-14-15(17(23-19)28-2)25(24-16(14)20)10-12-7-5-4-6-8-12/h9,11-12H,3-8,10H2,1-2H3. The van der Waals surface area contributed by atoms with Gasteiger partial charge in [-0.25, -0.2) is 14.5 Å². The molecule has 0 unspecified atom stereocenters. The van der Waals surface area contributed by atoms with Crippen molar-refractivity contribution < 1.29 is 14.3 Å². The van der Waals surface area contributed by atoms with E-state index in [0.29, 0.717) is 28.4 Å². The van der Waals surface area contributed by atoms with Crippen molar-refractivity contribution in [2.75, 3.05) is 13.7 Å². The van der Waals surface area contributed by atoms with Gasteiger partial charge in [0.05, 0.1) is 25.5 Å². The van der Waals surface area contributed by atoms with E-state index in [-0.39, 0.29) is 17.7 Å². The van der Waals surface area contributed by atoms with E-state index in [2.05, 4.69) is 20.2 Å². The van der Waals surface area contributed by atoms with Crippen molar-refractivity contribution in [3.8, 4) is 11.8 Å². The minimum Gasteiger partial charge on any atom is -0.479 e. The van der Waals surface area contributed by atoms with Gasteiger partial charge in [-0.1, -0.05) is 30.9 Å². The van der Waals surface area contributed by atoms with Gasteiger partial charge in [0.2, 0.25) is 5.88 Å². The molecular formula is C19H23ClN6O3. The quantitative estimate of drug-likeness (QED) is 0.565. The van der Waals surface area contributed by atoms with E-state index in [1.807, 2.05) is 4.68 Å². The number of halogens is 1. The fraction of sp³-hybridized carbons (Fsp3) is 0.526. The normalized spacial score (nSPS) is 15.0. The smallest absolute Gasteiger partial charge is 0.341 e. The third-order valence-electron chi connectivity index (χ3n) is 5.15. The summed E-state index contributed by atoms with van der Waals surface area (Å²) in [6.45, 7) is 2.80. The third kappa shape index (κ3) is 3.91. The maximum Gasteiger partial charge on any atom is 0.341 e. The molecule has 0 aromatic carbocycles. The molecule has 0 spiro atoms. The van der Waals surface area contributed by atoms with Crippen LogP contribution in [0.3, 0.4) is 0 Å². The van der Waals surface area contributed by atoms with E-state index in [4.69, 9.17) is 21.1 Å². The highest BCUT2D eigenvalue weighted by molar-refractivity contribution is 6.33. The highest BCUT2D eigenvalue weighted by atomic mass is 35.5. The topological polar surface area (TPSA) is 96.9 Å². The number of hydrogen-bond acceptors (Lipinski definition) is 7. The van der Waals surface area contributed by atoms with E-state index >= 15 is 0 Å². The number of rotatable bonds is 6. The molecule has 0 bridgehead atoms. The first-order chi connectivity index (χ1) is 14.1. The second kappa shape index (κ2) is 8.36. The van der Waals surface area contributed by atoms with Crippen LogP contribution in [0.2, 0.25) is 5.15 Å². The summed E-state index contributed by atoms with van der Waals surface area (Å²) in [6, 6.07) is 0. The van der Waals surface area contributed by atoms with Crippen molar-refractivity contribution in [2.45, 2.75) is 45.6 Å². The Kier molecular flexibility index (Phi) is 5.66. The Morgan fingerprint density at radius 2 is 2.07 bits per heavy atom. The molecule has 4 rings (SSSR count). The molecule has 0 radical (unpaired) electrons. The number of hydrogen-bond donors (Lipinski definition) is 0. The lowest BCUT2D eigenvalue weighted by molar-refractivity contribution is 0.0526. The Hall–Kier alpha value is -2.68. The number of fused-ring (bicyclic) bond motifs is 1. The molecule has 3 aromatic rings. The molecule has 0 saturated heterocycles. The lowest BCUT2D eigenvalue weighted by Gasteiger charge is -2.21. The highest BCUT2D eigenvalue weighted by Crippen LogP contribution is 2.31. The lowest BCUT2D eigenvalue weighted by Crippen LogP contribution is -2.15. The van der Waals surface area contributed by atoms with Crippen molar-refractivity contribution in [2.24, 2.45) is 5.92 Å². The van der Waals surface area contributed by atoms with E-state index in [1.54, 1.807) is 14.0 Å². The number of carbonyl (C=O) groups excluding carboxylic acids is 1. The van der Waals surface area contributed by atoms with Crippen molar-refractivity contribution in [3.63, 3.8) is 0 Å². The fourth-order valence-electron chi connectivity index (χ4n) is 3.75. The van der Waals surface area contributed by atoms with Gasteiger partial charge in [0, 0.05) is 12.7 Å². The van der Waals surface area contributed by atoms with E-state index in [0.717, 1.165) is 6.54 Å². The molecule has 10 heteroatoms. The van der Waals surface area contributed by atoms with E-state index in [1.165, 1.54) is 49.2 Å². The number of carbonyl (C=O) groups is 1. The number of methoxy groups -OCH3 is 1. The van der Waals surface area contributed by atoms with Crippen molar-refractivity contribution in [1.82, 2.24) is 29.5 Å². The van der Waals surface area contributed by atoms with Gasteiger partial charge in [-0.3, -0.25) is 4.68 Å². The zero-order valence-corrected chi connectivity index (χ0v) is 17.2. The number of esters is 1. The van der Waals surface area contributed by atoms with Gasteiger partial charge in [-0.15, -0.1) is 0 Å². The molecule has 1 aliphatic rings. The van der Waals surface area contributed by atoms with Crippen LogP contribution in [-0.2, 0) is 11.3 Å². The van der Waals surface area contributed by atoms with Crippen LogP contribution >= 0.6 is 11.6 Å². The second-order valence-electron chi connectivity index (χ2n) is 7.10. The van der Waals surface area contributed by atoms with Gasteiger partial charge < -0.3 is 9.47 Å². The van der Waals surface area contributed by atoms with Crippen LogP contribution < -0.4 is 4.74 Å². The van der Waals surface area contributed by atoms with E-state index < -0.39 is 5.97 Å². The maximum atomic E-state index is 11.9. The monoisotopic (exact) mass is 418 g/mol. The average molecular weight is 419 g/mol. The Bertz CT molecular complexity index is 1020. The van der Waals surface area contributed by atoms with Crippen LogP contribution in [0.1, 0.15) is 49.4 Å². The zero-order valence-electron chi connectivity index (χ0n) is 16.5. The minimum absolute atomic E-state index is 0.240. The highest BCUT2D eigenvalue weighted by Gasteiger charge is 2.23. The van der Waals surface area contributed by atoms with Crippen LogP contribution in [-0.4, -0.2) is 49.2 Å². The first-order valence-electron chi connectivity index (χ1n) is 9.81. The molecule has 154 valence electrons. The van der Waals surface area contributed by atoms with E-state index in [9.17, 15) is 4.79 Å². The Morgan fingerprint density at radius 1 is 1.28 bits per heavy atom. The van der Waals surface area contributed by atoms with Gasteiger partial charge in [0.1, 0.15) is 5.52 Å². The molecule has 3 heterocycles. The Morgan fingerprint density at radius 3 is 2.79 bits per heavy atom. The maximum absolute atomic E-state index is 11.9. The SMILES string of the molecule is CCOC(=O)c1cnn(-c2nc(OC)c3c(n2)c(Cl)nn3CC2CCCCC2)c1. The molecule has 0 amide bonds. The summed E-state index contributed by atoms with van der Waals surface area (Å²) in [7, 11) is 1.55. The summed E-state index contributed by atoms with van der Waals surface area (Å²) < 4.78 is 13.8. The van der Waals surface area contributed by atoms with Crippen molar-refractivity contribution in [1.29, 1.82) is 0 Å². The summed E-state index contributed by atoms with van der Waals surface area (Å²) in [5.74, 6) is 0.716. The zero-order chi connectivity index (χ0) is 20.4. The summed E-state index contributed by atoms with van der Waals surface area (Å²) in [5.41, 5.74) is 1.48. The van der Waals surface area contributed by atoms with Gasteiger partial charge in [-0.2, -0.15) is 15.2 Å². The van der Waals surface area contributed by atoms with Crippen LogP contribution in [0.25, 0.3) is 17.0 Å². The molecule has 1 fully saturated rings. The second-order valence-corrected chi connectivity index (χ2v) is 7.46. The summed E-state index contributed by atoms with van der Waals surface area (Å²) >= 11 is 6.40. The van der Waals surface area contributed by atoms with Crippen molar-refractivity contribution in [3.05, 3.63) is 23.1 Å². The minimum atomic E-state index is -0.454. The van der Waals surface area contributed by atoms with Gasteiger partial charge in [0.25, 0.3) is 5.95 Å². The summed E-state index contributed by atoms with van der Waals surface area (Å²) in [5, 5.41) is 8.94. The molecule has 9 nitrogen and oxygen atoms in total.